The molecule has 0 aliphatic carbocycles. The van der Waals surface area contributed by atoms with Crippen LogP contribution >= 0.6 is 0 Å². The van der Waals surface area contributed by atoms with Gasteiger partial charge in [0.2, 0.25) is 0 Å². The molecule has 2 aliphatic heterocycles. The van der Waals surface area contributed by atoms with Gasteiger partial charge in [-0.05, 0) is 61.6 Å². The predicted molar refractivity (Wildman–Crippen MR) is 133 cm³/mol. The van der Waals surface area contributed by atoms with Gasteiger partial charge in [-0.3, -0.25) is 0 Å². The van der Waals surface area contributed by atoms with Gasteiger partial charge in [-0.2, -0.15) is 13.2 Å². The fourth-order valence-corrected chi connectivity index (χ4v) is 6.46. The third-order valence-corrected chi connectivity index (χ3v) is 8.59. The van der Waals surface area contributed by atoms with Gasteiger partial charge in [0.15, 0.2) is 6.10 Å². The van der Waals surface area contributed by atoms with Crippen molar-refractivity contribution < 1.29 is 36.7 Å². The van der Waals surface area contributed by atoms with Crippen LogP contribution in [-0.2, 0) is 41.1 Å². The number of alkyl halides is 3. The summed E-state index contributed by atoms with van der Waals surface area (Å²) in [5, 5.41) is 14.4. The van der Waals surface area contributed by atoms with Gasteiger partial charge < -0.3 is 30.2 Å². The van der Waals surface area contributed by atoms with E-state index in [1.165, 1.54) is 6.07 Å². The number of hydrogen-bond donors (Lipinski definition) is 3. The Labute approximate surface area is 216 Å². The van der Waals surface area contributed by atoms with Gasteiger partial charge in [0, 0.05) is 12.5 Å². The van der Waals surface area contributed by atoms with E-state index < -0.39 is 58.8 Å². The number of ether oxygens (including phenoxy) is 2. The van der Waals surface area contributed by atoms with E-state index in [9.17, 15) is 27.2 Å². The molecule has 0 radical (unpaired) electrons. The van der Waals surface area contributed by atoms with Crippen LogP contribution in [-0.4, -0.2) is 45.6 Å². The molecule has 2 aromatic carbocycles. The fourth-order valence-electron chi connectivity index (χ4n) is 4.82. The van der Waals surface area contributed by atoms with Crippen molar-refractivity contribution in [1.82, 2.24) is 5.32 Å². The molecule has 0 unspecified atom stereocenters. The topological polar surface area (TPSA) is 99.8 Å². The van der Waals surface area contributed by atoms with E-state index in [2.05, 4.69) is 11.4 Å². The molecule has 6 nitrogen and oxygen atoms in total. The Balaban J connectivity index is 1.45. The average molecular weight is 545 g/mol. The first-order chi connectivity index (χ1) is 17.2. The molecule has 0 bridgehead atoms. The van der Waals surface area contributed by atoms with Crippen LogP contribution < -0.4 is 15.8 Å². The molecular formula is C26H32F4N2O4S. The van der Waals surface area contributed by atoms with Crippen molar-refractivity contribution in [3.8, 4) is 5.75 Å². The molecule has 2 aliphatic rings. The first-order valence-corrected chi connectivity index (χ1v) is 13.6. The third-order valence-electron chi connectivity index (χ3n) is 7.05. The lowest BCUT2D eigenvalue weighted by molar-refractivity contribution is -0.189. The molecular weight excluding hydrogens is 512 g/mol. The van der Waals surface area contributed by atoms with E-state index in [4.69, 9.17) is 15.2 Å². The lowest BCUT2D eigenvalue weighted by Crippen LogP contribution is -2.54. The maximum Gasteiger partial charge on any atom is 0.425 e. The summed E-state index contributed by atoms with van der Waals surface area (Å²) in [6.07, 6.45) is -7.62. The largest absolute Gasteiger partial charge is 0.616 e. The number of nitrogens with one attached hydrogen (secondary N) is 1. The molecule has 2 heterocycles. The second-order valence-electron chi connectivity index (χ2n) is 10.3. The third kappa shape index (κ3) is 6.34. The molecule has 4 rings (SSSR count). The van der Waals surface area contributed by atoms with Gasteiger partial charge >= 0.3 is 6.18 Å². The number of aliphatic hydroxyl groups is 1. The lowest BCUT2D eigenvalue weighted by atomic mass is 9.90. The molecule has 204 valence electrons. The molecule has 0 spiro atoms. The summed E-state index contributed by atoms with van der Waals surface area (Å²) in [5.74, 6) is -1.39. The van der Waals surface area contributed by atoms with E-state index >= 15 is 0 Å². The normalized spacial score (nSPS) is 26.1. The van der Waals surface area contributed by atoms with Crippen molar-refractivity contribution in [3.05, 3.63) is 58.4 Å². The summed E-state index contributed by atoms with van der Waals surface area (Å²) in [7, 11) is 0. The van der Waals surface area contributed by atoms with Crippen LogP contribution in [0.15, 0.2) is 30.3 Å². The Kier molecular flexibility index (Phi) is 8.02. The van der Waals surface area contributed by atoms with E-state index in [1.807, 2.05) is 26.0 Å². The number of benzene rings is 2. The van der Waals surface area contributed by atoms with Crippen molar-refractivity contribution in [2.75, 3.05) is 17.2 Å². The Morgan fingerprint density at radius 3 is 2.68 bits per heavy atom. The molecule has 37 heavy (non-hydrogen) atoms. The first-order valence-electron chi connectivity index (χ1n) is 12.1. The van der Waals surface area contributed by atoms with Crippen molar-refractivity contribution >= 4 is 16.9 Å². The lowest BCUT2D eigenvalue weighted by Gasteiger charge is -2.36. The van der Waals surface area contributed by atoms with Gasteiger partial charge in [-0.1, -0.05) is 29.4 Å². The minimum Gasteiger partial charge on any atom is -0.616 e. The monoisotopic (exact) mass is 544 g/mol. The number of nitrogen functional groups attached to an aromatic ring is 1. The second-order valence-corrected chi connectivity index (χ2v) is 11.8. The number of anilines is 1. The van der Waals surface area contributed by atoms with Gasteiger partial charge in [-0.25, -0.2) is 4.39 Å². The Morgan fingerprint density at radius 1 is 1.24 bits per heavy atom. The standard InChI is InChI=1S/C26H32F4N2O4S/c1-14(26(28,29)30)36-22-9-16(8-20(27)23(22)31)6-18-12-37(34)13-21(24(18)33)32-10-15-4-5-17-11-35-25(2,3)19(17)7-15/h4-5,7-9,14,18,21,24,32-33H,6,10-13,31H2,1-3H3/t14-,18+,21-,24-,37+/m0/s1. The number of aliphatic hydroxyl groups excluding tert-OH is 1. The van der Waals surface area contributed by atoms with Crippen LogP contribution in [0, 0.1) is 11.7 Å². The highest BCUT2D eigenvalue weighted by molar-refractivity contribution is 7.91. The summed E-state index contributed by atoms with van der Waals surface area (Å²) in [5.41, 5.74) is 8.26. The number of halogens is 4. The Hall–Kier alpha value is -2.05. The Morgan fingerprint density at radius 2 is 1.97 bits per heavy atom. The zero-order valence-corrected chi connectivity index (χ0v) is 21.7. The summed E-state index contributed by atoms with van der Waals surface area (Å²) in [6.45, 7) is 5.83. The average Bonchev–Trinajstić information content (AvgIpc) is 3.11. The summed E-state index contributed by atoms with van der Waals surface area (Å²) < 4.78 is 76.6. The van der Waals surface area contributed by atoms with Gasteiger partial charge in [0.05, 0.1) is 24.4 Å². The van der Waals surface area contributed by atoms with E-state index in [-0.39, 0.29) is 23.5 Å². The number of rotatable bonds is 7. The number of hydrogen-bond acceptors (Lipinski definition) is 6. The van der Waals surface area contributed by atoms with Crippen molar-refractivity contribution in [2.45, 2.75) is 70.4 Å². The van der Waals surface area contributed by atoms with Crippen LogP contribution in [0.2, 0.25) is 0 Å². The fraction of sp³-hybridized carbons (Fsp3) is 0.538. The van der Waals surface area contributed by atoms with Crippen LogP contribution in [0.5, 0.6) is 5.75 Å². The quantitative estimate of drug-likeness (QED) is 0.278. The van der Waals surface area contributed by atoms with Gasteiger partial charge in [0.25, 0.3) is 0 Å². The second kappa shape index (κ2) is 10.6. The smallest absolute Gasteiger partial charge is 0.425 e. The van der Waals surface area contributed by atoms with E-state index in [0.29, 0.717) is 18.7 Å². The van der Waals surface area contributed by atoms with Gasteiger partial charge in [0.1, 0.15) is 28.8 Å². The molecule has 0 saturated carbocycles. The van der Waals surface area contributed by atoms with Crippen LogP contribution in [0.1, 0.15) is 43.0 Å². The molecule has 2 aromatic rings. The van der Waals surface area contributed by atoms with E-state index in [1.54, 1.807) is 0 Å². The van der Waals surface area contributed by atoms with Crippen LogP contribution in [0.4, 0.5) is 23.2 Å². The first kappa shape index (κ1) is 28.0. The zero-order valence-electron chi connectivity index (χ0n) is 20.9. The molecule has 4 N–H and O–H groups in total. The minimum absolute atomic E-state index is 0.101. The SMILES string of the molecule is C[C@H](Oc1cc(C[C@@H]2C[S@@+]([O-])C[C@H](NCc3ccc4c(c3)C(C)(C)OC4)[C@H]2O)cc(F)c1N)C(F)(F)F. The van der Waals surface area contributed by atoms with Crippen LogP contribution in [0.3, 0.4) is 0 Å². The van der Waals surface area contributed by atoms with Crippen molar-refractivity contribution in [3.63, 3.8) is 0 Å². The molecule has 11 heteroatoms. The Bertz CT molecular complexity index is 1130. The molecule has 0 amide bonds. The highest BCUT2D eigenvalue weighted by atomic mass is 32.2. The summed E-state index contributed by atoms with van der Waals surface area (Å²) >= 11 is -1.24. The minimum atomic E-state index is -4.64. The maximum atomic E-state index is 14.4. The van der Waals surface area contributed by atoms with Crippen LogP contribution in [0.25, 0.3) is 0 Å². The van der Waals surface area contributed by atoms with E-state index in [0.717, 1.165) is 29.7 Å². The zero-order chi connectivity index (χ0) is 27.1. The van der Waals surface area contributed by atoms with Gasteiger partial charge in [-0.15, -0.1) is 0 Å². The molecule has 0 aromatic heterocycles. The highest BCUT2D eigenvalue weighted by Crippen LogP contribution is 2.36. The molecule has 5 atom stereocenters. The molecule has 1 saturated heterocycles. The van der Waals surface area contributed by atoms with Crippen molar-refractivity contribution in [2.24, 2.45) is 5.92 Å². The summed E-state index contributed by atoms with van der Waals surface area (Å²) in [4.78, 5) is 0. The van der Waals surface area contributed by atoms with Crippen molar-refractivity contribution in [1.29, 1.82) is 0 Å². The highest BCUT2D eigenvalue weighted by Gasteiger charge is 2.40. The molecule has 1 fully saturated rings. The maximum absolute atomic E-state index is 14.4. The predicted octanol–water partition coefficient (Wildman–Crippen LogP) is 3.94. The number of nitrogens with two attached hydrogens (primary N) is 1. The number of fused-ring (bicyclic) bond motifs is 1. The summed E-state index contributed by atoms with van der Waals surface area (Å²) in [6, 6.07) is 7.97.